The Morgan fingerprint density at radius 2 is 1.25 bits per heavy atom. The molecule has 0 spiro atoms. The number of imide groups is 1. The SMILES string of the molecule is CCCCCCCCCCCCCCOc1c(OC)cc(COC(=O)N(Cc2cc[n+](CCC)cc2)C(=O)c2ccccc2)cc1OC. The van der Waals surface area contributed by atoms with E-state index in [0.29, 0.717) is 35.0 Å². The van der Waals surface area contributed by atoms with Crippen molar-refractivity contribution >= 4 is 12.0 Å². The molecule has 1 aromatic heterocycles. The minimum Gasteiger partial charge on any atom is -0.493 e. The maximum atomic E-state index is 13.4. The predicted octanol–water partition coefficient (Wildman–Crippen LogP) is 9.46. The number of ether oxygens (including phenoxy) is 4. The number of nitrogens with zero attached hydrogens (tertiary/aromatic N) is 2. The van der Waals surface area contributed by atoms with Gasteiger partial charge in [-0.3, -0.25) is 4.79 Å². The number of aryl methyl sites for hydroxylation is 1. The highest BCUT2D eigenvalue weighted by Gasteiger charge is 2.25. The molecule has 0 aliphatic heterocycles. The summed E-state index contributed by atoms with van der Waals surface area (Å²) in [5, 5.41) is 0. The van der Waals surface area contributed by atoms with Crippen molar-refractivity contribution in [3.8, 4) is 17.2 Å². The Balaban J connectivity index is 1.54. The summed E-state index contributed by atoms with van der Waals surface area (Å²) in [6, 6.07) is 16.1. The fraction of sp³-hybridized carbons (Fsp3) is 0.525. The Kier molecular flexibility index (Phi) is 18.0. The highest BCUT2D eigenvalue weighted by molar-refractivity contribution is 6.02. The maximum Gasteiger partial charge on any atom is 0.417 e. The standard InChI is InChI=1S/C40H57N2O6/c1-5-7-8-9-10-11-12-13-14-15-16-20-28-47-38-36(45-3)29-34(30-37(38)46-4)32-48-40(44)42(39(43)35-21-18-17-19-22-35)31-33-23-26-41(25-6-2)27-24-33/h17-19,21-24,26-27,29-30H,5-16,20,25,28,31-32H2,1-4H3/q+1. The molecule has 0 fully saturated rings. The van der Waals surface area contributed by atoms with Gasteiger partial charge in [-0.25, -0.2) is 14.3 Å². The Morgan fingerprint density at radius 1 is 0.688 bits per heavy atom. The lowest BCUT2D eigenvalue weighted by molar-refractivity contribution is -0.697. The van der Waals surface area contributed by atoms with Crippen molar-refractivity contribution in [1.29, 1.82) is 0 Å². The number of rotatable bonds is 23. The monoisotopic (exact) mass is 661 g/mol. The van der Waals surface area contributed by atoms with Crippen molar-refractivity contribution in [1.82, 2.24) is 4.90 Å². The molecule has 8 heteroatoms. The number of hydrogen-bond donors (Lipinski definition) is 0. The Morgan fingerprint density at radius 3 is 1.79 bits per heavy atom. The zero-order valence-corrected chi connectivity index (χ0v) is 29.7. The lowest BCUT2D eigenvalue weighted by Gasteiger charge is -2.21. The first-order valence-corrected chi connectivity index (χ1v) is 17.9. The van der Waals surface area contributed by atoms with Crippen LogP contribution in [0, 0.1) is 0 Å². The van der Waals surface area contributed by atoms with Crippen LogP contribution in [0.25, 0.3) is 0 Å². The van der Waals surface area contributed by atoms with E-state index in [1.165, 1.54) is 64.2 Å². The molecule has 2 amide bonds. The molecule has 2 aromatic carbocycles. The average molecular weight is 662 g/mol. The number of carbonyl (C=O) groups excluding carboxylic acids is 2. The molecule has 0 aliphatic carbocycles. The van der Waals surface area contributed by atoms with E-state index < -0.39 is 12.0 Å². The summed E-state index contributed by atoms with van der Waals surface area (Å²) in [5.41, 5.74) is 1.88. The van der Waals surface area contributed by atoms with Crippen LogP contribution in [0.4, 0.5) is 4.79 Å². The Bertz CT molecular complexity index is 1320. The van der Waals surface area contributed by atoms with Gasteiger partial charge in [0, 0.05) is 24.1 Å². The summed E-state index contributed by atoms with van der Waals surface area (Å²) in [7, 11) is 3.15. The minimum atomic E-state index is -0.737. The Hall–Kier alpha value is -4.07. The second-order valence-electron chi connectivity index (χ2n) is 12.3. The summed E-state index contributed by atoms with van der Waals surface area (Å²) in [4.78, 5) is 28.0. The summed E-state index contributed by atoms with van der Waals surface area (Å²) in [5.74, 6) is 1.11. The van der Waals surface area contributed by atoms with Crippen LogP contribution in [0.5, 0.6) is 17.2 Å². The smallest absolute Gasteiger partial charge is 0.417 e. The van der Waals surface area contributed by atoms with Gasteiger partial charge in [-0.1, -0.05) is 103 Å². The second-order valence-corrected chi connectivity index (χ2v) is 12.3. The number of pyridine rings is 1. The highest BCUT2D eigenvalue weighted by Crippen LogP contribution is 2.39. The number of unbranched alkanes of at least 4 members (excludes halogenated alkanes) is 11. The van der Waals surface area contributed by atoms with Crippen molar-refractivity contribution < 1.29 is 33.1 Å². The van der Waals surface area contributed by atoms with Gasteiger partial charge in [-0.15, -0.1) is 0 Å². The van der Waals surface area contributed by atoms with Crippen LogP contribution in [-0.2, 0) is 24.4 Å². The van der Waals surface area contributed by atoms with E-state index in [9.17, 15) is 9.59 Å². The Labute approximate surface area is 288 Å². The summed E-state index contributed by atoms with van der Waals surface area (Å²) >= 11 is 0. The van der Waals surface area contributed by atoms with E-state index in [1.54, 1.807) is 50.6 Å². The van der Waals surface area contributed by atoms with Crippen LogP contribution in [0.1, 0.15) is 119 Å². The van der Waals surface area contributed by atoms with Gasteiger partial charge in [0.25, 0.3) is 5.91 Å². The van der Waals surface area contributed by atoms with Gasteiger partial charge in [0.2, 0.25) is 5.75 Å². The first-order chi connectivity index (χ1) is 23.5. The lowest BCUT2D eigenvalue weighted by Crippen LogP contribution is -2.37. The molecule has 0 radical (unpaired) electrons. The third kappa shape index (κ3) is 13.2. The van der Waals surface area contributed by atoms with Gasteiger partial charge in [0.1, 0.15) is 13.2 Å². The average Bonchev–Trinajstić information content (AvgIpc) is 3.12. The summed E-state index contributed by atoms with van der Waals surface area (Å²) in [6.45, 7) is 5.84. The molecule has 0 atom stereocenters. The number of carbonyl (C=O) groups is 2. The van der Waals surface area contributed by atoms with Gasteiger partial charge >= 0.3 is 6.09 Å². The number of aromatic nitrogens is 1. The molecule has 0 unspecified atom stereocenters. The quantitative estimate of drug-likeness (QED) is 0.0744. The van der Waals surface area contributed by atoms with Crippen LogP contribution in [0.3, 0.4) is 0 Å². The first kappa shape index (κ1) is 38.4. The zero-order chi connectivity index (χ0) is 34.4. The number of hydrogen-bond acceptors (Lipinski definition) is 6. The molecule has 8 nitrogen and oxygen atoms in total. The first-order valence-electron chi connectivity index (χ1n) is 17.9. The summed E-state index contributed by atoms with van der Waals surface area (Å²) in [6.07, 6.45) is 19.6. The van der Waals surface area contributed by atoms with Crippen molar-refractivity contribution in [2.24, 2.45) is 0 Å². The second kappa shape index (κ2) is 22.5. The molecular formula is C40H57N2O6+. The van der Waals surface area contributed by atoms with Gasteiger partial charge < -0.3 is 18.9 Å². The van der Waals surface area contributed by atoms with E-state index in [1.807, 2.05) is 30.6 Å². The molecule has 262 valence electrons. The van der Waals surface area contributed by atoms with Crippen molar-refractivity contribution in [3.05, 3.63) is 83.7 Å². The van der Waals surface area contributed by atoms with Crippen molar-refractivity contribution in [2.45, 2.75) is 117 Å². The van der Waals surface area contributed by atoms with Gasteiger partial charge in [0.15, 0.2) is 23.9 Å². The van der Waals surface area contributed by atoms with Crippen molar-refractivity contribution in [3.63, 3.8) is 0 Å². The highest BCUT2D eigenvalue weighted by atomic mass is 16.6. The fourth-order valence-corrected chi connectivity index (χ4v) is 5.64. The molecule has 1 heterocycles. The maximum absolute atomic E-state index is 13.4. The molecule has 3 aromatic rings. The topological polar surface area (TPSA) is 78.2 Å². The fourth-order valence-electron chi connectivity index (χ4n) is 5.64. The molecule has 3 rings (SSSR count). The van der Waals surface area contributed by atoms with E-state index in [-0.39, 0.29) is 13.2 Å². The van der Waals surface area contributed by atoms with Gasteiger partial charge in [-0.05, 0) is 41.8 Å². The summed E-state index contributed by atoms with van der Waals surface area (Å²) < 4.78 is 25.2. The molecular weight excluding hydrogens is 604 g/mol. The number of amides is 2. The molecule has 0 saturated heterocycles. The van der Waals surface area contributed by atoms with E-state index in [0.717, 1.165) is 36.3 Å². The van der Waals surface area contributed by atoms with Gasteiger partial charge in [0.05, 0.1) is 27.4 Å². The lowest BCUT2D eigenvalue weighted by atomic mass is 10.1. The molecule has 48 heavy (non-hydrogen) atoms. The zero-order valence-electron chi connectivity index (χ0n) is 29.7. The van der Waals surface area contributed by atoms with Crippen LogP contribution < -0.4 is 18.8 Å². The molecule has 0 aliphatic rings. The molecule has 0 bridgehead atoms. The third-order valence-corrected chi connectivity index (χ3v) is 8.40. The number of benzene rings is 2. The van der Waals surface area contributed by atoms with Crippen LogP contribution in [0.2, 0.25) is 0 Å². The predicted molar refractivity (Wildman–Crippen MR) is 190 cm³/mol. The van der Waals surface area contributed by atoms with Crippen LogP contribution in [0.15, 0.2) is 67.0 Å². The molecule has 0 saturated carbocycles. The van der Waals surface area contributed by atoms with Crippen LogP contribution in [-0.4, -0.2) is 37.7 Å². The van der Waals surface area contributed by atoms with E-state index in [2.05, 4.69) is 18.4 Å². The minimum absolute atomic E-state index is 0.0750. The largest absolute Gasteiger partial charge is 0.493 e. The van der Waals surface area contributed by atoms with Crippen molar-refractivity contribution in [2.75, 3.05) is 20.8 Å². The van der Waals surface area contributed by atoms with E-state index in [4.69, 9.17) is 18.9 Å². The molecule has 0 N–H and O–H groups in total. The van der Waals surface area contributed by atoms with Crippen LogP contribution >= 0.6 is 0 Å². The normalized spacial score (nSPS) is 10.8. The van der Waals surface area contributed by atoms with E-state index >= 15 is 0 Å². The van der Waals surface area contributed by atoms with Gasteiger partial charge in [-0.2, -0.15) is 0 Å². The third-order valence-electron chi connectivity index (χ3n) is 8.40. The number of methoxy groups -OCH3 is 2.